The normalized spacial score (nSPS) is 12.5. The van der Waals surface area contributed by atoms with Crippen LogP contribution < -0.4 is 10.1 Å². The lowest BCUT2D eigenvalue weighted by atomic mass is 10.1. The summed E-state index contributed by atoms with van der Waals surface area (Å²) in [4.78, 5) is 12.0. The van der Waals surface area contributed by atoms with E-state index in [-0.39, 0.29) is 25.0 Å². The third-order valence-electron chi connectivity index (χ3n) is 3.80. The summed E-state index contributed by atoms with van der Waals surface area (Å²) < 4.78 is 43.2. The van der Waals surface area contributed by atoms with E-state index in [4.69, 9.17) is 4.74 Å². The van der Waals surface area contributed by atoms with Crippen LogP contribution in [0.4, 0.5) is 13.2 Å². The van der Waals surface area contributed by atoms with E-state index in [9.17, 15) is 18.0 Å². The number of ether oxygens (including phenoxy) is 1. The molecule has 1 unspecified atom stereocenters. The van der Waals surface area contributed by atoms with Crippen LogP contribution in [0.25, 0.3) is 0 Å². The highest BCUT2D eigenvalue weighted by Crippen LogP contribution is 2.29. The molecule has 2 rings (SSSR count). The number of alkyl halides is 3. The van der Waals surface area contributed by atoms with Gasteiger partial charge in [0.05, 0.1) is 24.6 Å². The third-order valence-corrected chi connectivity index (χ3v) is 3.80. The summed E-state index contributed by atoms with van der Waals surface area (Å²) in [5, 5.41) is 2.76. The molecule has 1 amide bonds. The summed E-state index contributed by atoms with van der Waals surface area (Å²) in [6.07, 6.45) is -4.20. The van der Waals surface area contributed by atoms with E-state index in [1.165, 1.54) is 12.1 Å². The number of carbonyl (C=O) groups is 1. The smallest absolute Gasteiger partial charge is 0.416 e. The van der Waals surface area contributed by atoms with Crippen molar-refractivity contribution in [3.8, 4) is 5.75 Å². The zero-order chi connectivity index (χ0) is 18.4. The predicted octanol–water partition coefficient (Wildman–Crippen LogP) is 4.66. The minimum Gasteiger partial charge on any atom is -0.493 e. The minimum absolute atomic E-state index is 0.166. The van der Waals surface area contributed by atoms with E-state index in [1.54, 1.807) is 6.92 Å². The highest BCUT2D eigenvalue weighted by atomic mass is 19.4. The van der Waals surface area contributed by atoms with Gasteiger partial charge in [-0.3, -0.25) is 4.79 Å². The monoisotopic (exact) mass is 351 g/mol. The molecular formula is C19H20F3NO2. The number of hydrogen-bond acceptors (Lipinski definition) is 2. The van der Waals surface area contributed by atoms with Gasteiger partial charge in [-0.25, -0.2) is 0 Å². The number of amides is 1. The molecule has 0 aliphatic heterocycles. The molecule has 0 aliphatic carbocycles. The van der Waals surface area contributed by atoms with Crippen molar-refractivity contribution in [3.63, 3.8) is 0 Å². The summed E-state index contributed by atoms with van der Waals surface area (Å²) in [5.74, 6) is 0.507. The molecule has 134 valence electrons. The SMILES string of the molecule is Cc1ccccc1OCCC(=O)NC(C)c1ccc(C(F)(F)F)cc1. The molecule has 0 heterocycles. The van der Waals surface area contributed by atoms with Crippen molar-refractivity contribution in [1.29, 1.82) is 0 Å². The molecule has 0 radical (unpaired) electrons. The molecule has 0 bridgehead atoms. The largest absolute Gasteiger partial charge is 0.493 e. The Bertz CT molecular complexity index is 711. The molecule has 1 N–H and O–H groups in total. The van der Waals surface area contributed by atoms with Gasteiger partial charge in [0.25, 0.3) is 0 Å². The van der Waals surface area contributed by atoms with Crippen LogP contribution in [-0.2, 0) is 11.0 Å². The van der Waals surface area contributed by atoms with Crippen molar-refractivity contribution in [2.45, 2.75) is 32.5 Å². The zero-order valence-electron chi connectivity index (χ0n) is 14.1. The van der Waals surface area contributed by atoms with Gasteiger partial charge < -0.3 is 10.1 Å². The second-order valence-corrected chi connectivity index (χ2v) is 5.77. The average molecular weight is 351 g/mol. The Kier molecular flexibility index (Phi) is 6.07. The second kappa shape index (κ2) is 8.05. The topological polar surface area (TPSA) is 38.3 Å². The maximum Gasteiger partial charge on any atom is 0.416 e. The Morgan fingerprint density at radius 3 is 2.36 bits per heavy atom. The van der Waals surface area contributed by atoms with Gasteiger partial charge in [-0.2, -0.15) is 13.2 Å². The third kappa shape index (κ3) is 5.52. The van der Waals surface area contributed by atoms with Crippen LogP contribution in [0.5, 0.6) is 5.75 Å². The molecule has 1 atom stereocenters. The lowest BCUT2D eigenvalue weighted by Crippen LogP contribution is -2.28. The van der Waals surface area contributed by atoms with Crippen LogP contribution in [-0.4, -0.2) is 12.5 Å². The first-order chi connectivity index (χ1) is 11.8. The van der Waals surface area contributed by atoms with E-state index in [0.717, 1.165) is 23.4 Å². The van der Waals surface area contributed by atoms with Gasteiger partial charge in [-0.05, 0) is 43.2 Å². The van der Waals surface area contributed by atoms with E-state index in [2.05, 4.69) is 5.32 Å². The molecule has 2 aromatic rings. The summed E-state index contributed by atoms with van der Waals surface area (Å²) >= 11 is 0. The second-order valence-electron chi connectivity index (χ2n) is 5.77. The standard InChI is InChI=1S/C19H20F3NO2/c1-13-5-3-4-6-17(13)25-12-11-18(24)23-14(2)15-7-9-16(10-8-15)19(20,21)22/h3-10,14H,11-12H2,1-2H3,(H,23,24). The average Bonchev–Trinajstić information content (AvgIpc) is 2.56. The maximum absolute atomic E-state index is 12.6. The maximum atomic E-state index is 12.6. The number of rotatable bonds is 6. The van der Waals surface area contributed by atoms with Gasteiger partial charge in [-0.15, -0.1) is 0 Å². The number of hydrogen-bond donors (Lipinski definition) is 1. The van der Waals surface area contributed by atoms with Crippen LogP contribution in [0.1, 0.15) is 36.1 Å². The Morgan fingerprint density at radius 1 is 1.12 bits per heavy atom. The van der Waals surface area contributed by atoms with Crippen LogP contribution in [0.2, 0.25) is 0 Å². The number of para-hydroxylation sites is 1. The minimum atomic E-state index is -4.36. The fourth-order valence-electron chi connectivity index (χ4n) is 2.33. The number of carbonyl (C=O) groups excluding carboxylic acids is 1. The van der Waals surface area contributed by atoms with E-state index in [1.807, 2.05) is 31.2 Å². The van der Waals surface area contributed by atoms with Crippen molar-refractivity contribution in [2.24, 2.45) is 0 Å². The van der Waals surface area contributed by atoms with Gasteiger partial charge in [0.1, 0.15) is 5.75 Å². The Labute approximate surface area is 144 Å². The predicted molar refractivity (Wildman–Crippen MR) is 89.3 cm³/mol. The van der Waals surface area contributed by atoms with E-state index < -0.39 is 11.7 Å². The van der Waals surface area contributed by atoms with Gasteiger partial charge in [0.2, 0.25) is 5.91 Å². The Balaban J connectivity index is 1.82. The molecule has 0 saturated heterocycles. The summed E-state index contributed by atoms with van der Waals surface area (Å²) in [6, 6.07) is 11.9. The van der Waals surface area contributed by atoms with Crippen LogP contribution in [0.15, 0.2) is 48.5 Å². The van der Waals surface area contributed by atoms with Crippen molar-refractivity contribution in [3.05, 3.63) is 65.2 Å². The van der Waals surface area contributed by atoms with E-state index >= 15 is 0 Å². The summed E-state index contributed by atoms with van der Waals surface area (Å²) in [7, 11) is 0. The number of benzene rings is 2. The van der Waals surface area contributed by atoms with Crippen molar-refractivity contribution in [2.75, 3.05) is 6.61 Å². The number of halogens is 3. The van der Waals surface area contributed by atoms with Crippen molar-refractivity contribution < 1.29 is 22.7 Å². The molecule has 0 aromatic heterocycles. The summed E-state index contributed by atoms with van der Waals surface area (Å²) in [6.45, 7) is 3.88. The molecule has 0 aliphatic rings. The lowest BCUT2D eigenvalue weighted by molar-refractivity contribution is -0.137. The lowest BCUT2D eigenvalue weighted by Gasteiger charge is -2.16. The molecule has 0 saturated carbocycles. The molecule has 6 heteroatoms. The zero-order valence-corrected chi connectivity index (χ0v) is 14.1. The highest BCUT2D eigenvalue weighted by molar-refractivity contribution is 5.76. The summed E-state index contributed by atoms with van der Waals surface area (Å²) in [5.41, 5.74) is 0.892. The number of aryl methyl sites for hydroxylation is 1. The fraction of sp³-hybridized carbons (Fsp3) is 0.316. The van der Waals surface area contributed by atoms with Crippen LogP contribution >= 0.6 is 0 Å². The molecule has 25 heavy (non-hydrogen) atoms. The van der Waals surface area contributed by atoms with Crippen molar-refractivity contribution >= 4 is 5.91 Å². The molecule has 3 nitrogen and oxygen atoms in total. The van der Waals surface area contributed by atoms with Crippen molar-refractivity contribution in [1.82, 2.24) is 5.32 Å². The van der Waals surface area contributed by atoms with Crippen LogP contribution in [0, 0.1) is 6.92 Å². The Morgan fingerprint density at radius 2 is 1.76 bits per heavy atom. The molecule has 0 spiro atoms. The molecule has 0 fully saturated rings. The van der Waals surface area contributed by atoms with Gasteiger partial charge >= 0.3 is 6.18 Å². The van der Waals surface area contributed by atoms with Gasteiger partial charge in [-0.1, -0.05) is 30.3 Å². The Hall–Kier alpha value is -2.50. The van der Waals surface area contributed by atoms with E-state index in [0.29, 0.717) is 5.56 Å². The fourth-order valence-corrected chi connectivity index (χ4v) is 2.33. The molecular weight excluding hydrogens is 331 g/mol. The molecule has 2 aromatic carbocycles. The van der Waals surface area contributed by atoms with Crippen LogP contribution in [0.3, 0.4) is 0 Å². The first-order valence-corrected chi connectivity index (χ1v) is 7.92. The van der Waals surface area contributed by atoms with Gasteiger partial charge in [0.15, 0.2) is 0 Å². The first kappa shape index (κ1) is 18.8. The van der Waals surface area contributed by atoms with Gasteiger partial charge in [0, 0.05) is 0 Å². The highest BCUT2D eigenvalue weighted by Gasteiger charge is 2.30. The number of nitrogens with one attached hydrogen (secondary N) is 1. The first-order valence-electron chi connectivity index (χ1n) is 7.92. The quantitative estimate of drug-likeness (QED) is 0.822.